The van der Waals surface area contributed by atoms with E-state index in [1.54, 1.807) is 0 Å². The van der Waals surface area contributed by atoms with Crippen molar-refractivity contribution in [3.63, 3.8) is 0 Å². The Labute approximate surface area is 202 Å². The molecule has 2 aromatic heterocycles. The Morgan fingerprint density at radius 2 is 1.71 bits per heavy atom. The summed E-state index contributed by atoms with van der Waals surface area (Å²) in [5, 5.41) is 40.5. The number of aliphatic carboxylic acids is 3. The first kappa shape index (κ1) is 29.2. The summed E-state index contributed by atoms with van der Waals surface area (Å²) in [6.07, 6.45) is -0.102. The second kappa shape index (κ2) is 13.8. The van der Waals surface area contributed by atoms with Gasteiger partial charge in [0.25, 0.3) is 0 Å². The number of carbonyl (C=O) groups is 3. The van der Waals surface area contributed by atoms with Gasteiger partial charge in [-0.3, -0.25) is 19.2 Å². The zero-order valence-corrected chi connectivity index (χ0v) is 20.8. The van der Waals surface area contributed by atoms with E-state index in [9.17, 15) is 14.4 Å². The van der Waals surface area contributed by atoms with Gasteiger partial charge in [0.1, 0.15) is 0 Å². The molecule has 0 aliphatic carbocycles. The van der Waals surface area contributed by atoms with Crippen LogP contribution in [0.15, 0.2) is 23.7 Å². The van der Waals surface area contributed by atoms with Gasteiger partial charge in [-0.2, -0.15) is 5.10 Å². The van der Waals surface area contributed by atoms with E-state index in [0.717, 1.165) is 38.4 Å². The summed E-state index contributed by atoms with van der Waals surface area (Å²) in [5.74, 6) is -5.02. The van der Waals surface area contributed by atoms with Crippen LogP contribution in [0.2, 0.25) is 0 Å². The van der Waals surface area contributed by atoms with Crippen LogP contribution in [-0.4, -0.2) is 90.7 Å². The van der Waals surface area contributed by atoms with Gasteiger partial charge in [0, 0.05) is 49.4 Å². The topological polar surface area (TPSA) is 156 Å². The minimum absolute atomic E-state index is 0.934. The number of nitrogens with zero attached hydrogens (tertiary/aromatic N) is 4. The Morgan fingerprint density at radius 1 is 1.09 bits per heavy atom. The molecule has 0 radical (unpaired) electrons. The Balaban J connectivity index is 0.000000385. The predicted octanol–water partition coefficient (Wildman–Crippen LogP) is 1.59. The molecule has 0 amide bonds. The number of aliphatic hydroxyl groups is 1. The fraction of sp³-hybridized carbons (Fsp3) is 0.545. The first-order valence-corrected chi connectivity index (χ1v) is 11.6. The highest BCUT2D eigenvalue weighted by Gasteiger charge is 2.40. The summed E-state index contributed by atoms with van der Waals surface area (Å²) in [7, 11) is 4.26. The Morgan fingerprint density at radius 3 is 2.12 bits per heavy atom. The van der Waals surface area contributed by atoms with E-state index in [1.165, 1.54) is 10.4 Å². The highest BCUT2D eigenvalue weighted by molar-refractivity contribution is 7.09. The van der Waals surface area contributed by atoms with Gasteiger partial charge in [-0.1, -0.05) is 6.07 Å². The number of rotatable bonds is 13. The van der Waals surface area contributed by atoms with Crippen LogP contribution in [0.25, 0.3) is 0 Å². The largest absolute Gasteiger partial charge is 0.481 e. The van der Waals surface area contributed by atoms with Gasteiger partial charge in [-0.25, -0.2) is 4.79 Å². The number of carboxylic acids is 3. The zero-order valence-electron chi connectivity index (χ0n) is 20.0. The maximum absolute atomic E-state index is 10.3. The van der Waals surface area contributed by atoms with Crippen LogP contribution in [-0.2, 0) is 34.0 Å². The van der Waals surface area contributed by atoms with Gasteiger partial charge in [0.15, 0.2) is 5.60 Å². The van der Waals surface area contributed by atoms with Crippen LogP contribution in [0.4, 0.5) is 0 Å². The number of carboxylic acid groups (broad SMARTS) is 3. The van der Waals surface area contributed by atoms with Crippen LogP contribution < -0.4 is 0 Å². The van der Waals surface area contributed by atoms with E-state index in [0.29, 0.717) is 0 Å². The maximum Gasteiger partial charge on any atom is 0.336 e. The molecule has 0 aliphatic heterocycles. The maximum atomic E-state index is 10.3. The van der Waals surface area contributed by atoms with E-state index in [4.69, 9.17) is 20.4 Å². The molecule has 190 valence electrons. The number of aryl methyl sites for hydroxylation is 2. The van der Waals surface area contributed by atoms with Crippen molar-refractivity contribution in [3.8, 4) is 0 Å². The molecule has 2 heterocycles. The van der Waals surface area contributed by atoms with Gasteiger partial charge in [0.05, 0.1) is 18.5 Å². The minimum Gasteiger partial charge on any atom is -0.481 e. The number of thiophene rings is 1. The van der Waals surface area contributed by atoms with Crippen LogP contribution in [0.5, 0.6) is 0 Å². The summed E-state index contributed by atoms with van der Waals surface area (Å²) in [6, 6.07) is 4.35. The number of hydrogen-bond donors (Lipinski definition) is 4. The summed E-state index contributed by atoms with van der Waals surface area (Å²) < 4.78 is 2.03. The number of likely N-dealkylation sites (N-methyl/N-ethyl adjacent to an activating group) is 1. The lowest BCUT2D eigenvalue weighted by atomic mass is 9.96. The molecule has 0 fully saturated rings. The molecule has 4 N–H and O–H groups in total. The van der Waals surface area contributed by atoms with Gasteiger partial charge in [-0.05, 0) is 39.4 Å². The molecule has 0 unspecified atom stereocenters. The molecule has 11 nitrogen and oxygen atoms in total. The predicted molar refractivity (Wildman–Crippen MR) is 127 cm³/mol. The average Bonchev–Trinajstić information content (AvgIpc) is 3.35. The molecule has 0 aromatic carbocycles. The van der Waals surface area contributed by atoms with Crippen molar-refractivity contribution in [1.82, 2.24) is 19.6 Å². The zero-order chi connectivity index (χ0) is 25.9. The summed E-state index contributed by atoms with van der Waals surface area (Å²) in [5.41, 5.74) is -0.248. The van der Waals surface area contributed by atoms with Gasteiger partial charge >= 0.3 is 17.9 Å². The van der Waals surface area contributed by atoms with Crippen LogP contribution in [0, 0.1) is 6.92 Å². The number of aromatic nitrogens is 2. The summed E-state index contributed by atoms with van der Waals surface area (Å²) >= 11 is 1.83. The monoisotopic (exact) mass is 498 g/mol. The Hall–Kier alpha value is -2.80. The standard InChI is InChI=1S/C16H26N4S.C6H8O7/c1-5-20-12-15(14(2)17-20)11-19(9-8-18(3)4)13-16-7-6-10-21-16;7-3(8)1-6(13,5(11)12)2-4(9)10/h6-7,10,12H,5,8-9,11,13H2,1-4H3;13H,1-2H2,(H,7,8)(H,9,10)(H,11,12). The average molecular weight is 499 g/mol. The molecule has 0 atom stereocenters. The summed E-state index contributed by atoms with van der Waals surface area (Å²) in [4.78, 5) is 36.7. The van der Waals surface area contributed by atoms with E-state index >= 15 is 0 Å². The van der Waals surface area contributed by atoms with Gasteiger partial charge < -0.3 is 25.3 Å². The molecule has 12 heteroatoms. The van der Waals surface area contributed by atoms with E-state index < -0.39 is 36.4 Å². The third-order valence-electron chi connectivity index (χ3n) is 4.87. The van der Waals surface area contributed by atoms with Crippen LogP contribution >= 0.6 is 11.3 Å². The normalized spacial score (nSPS) is 11.4. The lowest BCUT2D eigenvalue weighted by Gasteiger charge is -2.23. The van der Waals surface area contributed by atoms with E-state index in [2.05, 4.69) is 66.6 Å². The smallest absolute Gasteiger partial charge is 0.336 e. The van der Waals surface area contributed by atoms with E-state index in [1.807, 2.05) is 16.0 Å². The van der Waals surface area contributed by atoms with Crippen molar-refractivity contribution in [2.45, 2.75) is 51.9 Å². The number of hydrogen-bond acceptors (Lipinski definition) is 8. The highest BCUT2D eigenvalue weighted by atomic mass is 32.1. The SMILES string of the molecule is CCn1cc(CN(CCN(C)C)Cc2cccs2)c(C)n1.O=C(O)CC(O)(CC(=O)O)C(=O)O. The summed E-state index contributed by atoms with van der Waals surface area (Å²) in [6.45, 7) is 9.31. The quantitative estimate of drug-likeness (QED) is 0.320. The molecular weight excluding hydrogens is 464 g/mol. The van der Waals surface area contributed by atoms with Crippen LogP contribution in [0.3, 0.4) is 0 Å². The molecule has 0 spiro atoms. The third-order valence-corrected chi connectivity index (χ3v) is 5.74. The van der Waals surface area contributed by atoms with Crippen molar-refractivity contribution in [2.75, 3.05) is 27.2 Å². The Bertz CT molecular complexity index is 912. The van der Waals surface area contributed by atoms with Crippen molar-refractivity contribution in [2.24, 2.45) is 0 Å². The molecular formula is C22H34N4O7S. The molecule has 0 saturated heterocycles. The minimum atomic E-state index is -2.74. The van der Waals surface area contributed by atoms with Crippen molar-refractivity contribution in [1.29, 1.82) is 0 Å². The van der Waals surface area contributed by atoms with Crippen LogP contribution in [0.1, 0.15) is 35.9 Å². The first-order chi connectivity index (χ1) is 15.9. The fourth-order valence-corrected chi connectivity index (χ4v) is 3.76. The van der Waals surface area contributed by atoms with Gasteiger partial charge in [0.2, 0.25) is 0 Å². The third kappa shape index (κ3) is 10.4. The van der Waals surface area contributed by atoms with Crippen molar-refractivity contribution in [3.05, 3.63) is 39.8 Å². The molecule has 0 aliphatic rings. The lowest BCUT2D eigenvalue weighted by molar-refractivity contribution is -0.170. The van der Waals surface area contributed by atoms with Crippen molar-refractivity contribution < 1.29 is 34.8 Å². The van der Waals surface area contributed by atoms with E-state index in [-0.39, 0.29) is 0 Å². The fourth-order valence-electron chi connectivity index (χ4n) is 3.01. The second-order valence-electron chi connectivity index (χ2n) is 8.17. The highest BCUT2D eigenvalue weighted by Crippen LogP contribution is 2.17. The molecule has 0 bridgehead atoms. The molecule has 34 heavy (non-hydrogen) atoms. The van der Waals surface area contributed by atoms with Crippen molar-refractivity contribution >= 4 is 29.2 Å². The molecule has 0 saturated carbocycles. The first-order valence-electron chi connectivity index (χ1n) is 10.7. The lowest BCUT2D eigenvalue weighted by Crippen LogP contribution is -2.42. The second-order valence-corrected chi connectivity index (χ2v) is 9.20. The van der Waals surface area contributed by atoms with Gasteiger partial charge in [-0.15, -0.1) is 11.3 Å². The Kier molecular flexibility index (Phi) is 11.9. The molecule has 2 aromatic rings. The molecule has 2 rings (SSSR count).